The van der Waals surface area contributed by atoms with Crippen LogP contribution >= 0.6 is 23.2 Å². The Labute approximate surface area is 158 Å². The number of carbonyl (C=O) groups excluding carboxylic acids is 1. The Morgan fingerprint density at radius 3 is 2.68 bits per heavy atom. The molecule has 25 heavy (non-hydrogen) atoms. The molecule has 5 nitrogen and oxygen atoms in total. The van der Waals surface area contributed by atoms with Crippen molar-refractivity contribution in [2.24, 2.45) is 5.92 Å². The van der Waals surface area contributed by atoms with Gasteiger partial charge in [-0.15, -0.1) is 0 Å². The standard InChI is InChI=1S/C18H24Cl2N2O3/c1-3-4-12(2)22-10-13(7-17(23)24)9-21(18(22)25)11-14-5-6-15(19)8-16(14)20/h5-6,8,12-13H,3-4,7,9-11H2,1-2H3,(H,23,24). The van der Waals surface area contributed by atoms with E-state index in [-0.39, 0.29) is 24.4 Å². The number of amides is 2. The third-order valence-electron chi connectivity index (χ3n) is 4.53. The number of carboxylic acids is 1. The molecule has 0 aliphatic carbocycles. The van der Waals surface area contributed by atoms with Crippen LogP contribution in [0.2, 0.25) is 10.0 Å². The molecule has 1 saturated heterocycles. The van der Waals surface area contributed by atoms with Crippen molar-refractivity contribution < 1.29 is 14.7 Å². The summed E-state index contributed by atoms with van der Waals surface area (Å²) in [6.45, 7) is 5.33. The zero-order valence-corrected chi connectivity index (χ0v) is 16.1. The third kappa shape index (κ3) is 5.25. The lowest BCUT2D eigenvalue weighted by molar-refractivity contribution is -0.138. The SMILES string of the molecule is CCCC(C)N1CC(CC(=O)O)CN(Cc2ccc(Cl)cc2Cl)C1=O. The zero-order chi connectivity index (χ0) is 18.6. The first-order valence-electron chi connectivity index (χ1n) is 8.53. The molecule has 0 spiro atoms. The molecular formula is C18H24Cl2N2O3. The van der Waals surface area contributed by atoms with E-state index in [9.17, 15) is 9.59 Å². The van der Waals surface area contributed by atoms with Gasteiger partial charge in [0.25, 0.3) is 0 Å². The maximum Gasteiger partial charge on any atom is 0.320 e. The topological polar surface area (TPSA) is 60.9 Å². The number of benzene rings is 1. The number of carbonyl (C=O) groups is 2. The Hall–Kier alpha value is -1.46. The van der Waals surface area contributed by atoms with Crippen LogP contribution in [-0.4, -0.2) is 46.0 Å². The number of rotatable bonds is 7. The van der Waals surface area contributed by atoms with E-state index in [2.05, 4.69) is 6.92 Å². The predicted octanol–water partition coefficient (Wildman–Crippen LogP) is 4.51. The summed E-state index contributed by atoms with van der Waals surface area (Å²) >= 11 is 12.2. The number of hydrogen-bond donors (Lipinski definition) is 1. The monoisotopic (exact) mass is 386 g/mol. The van der Waals surface area contributed by atoms with Gasteiger partial charge in [-0.25, -0.2) is 4.79 Å². The Bertz CT molecular complexity index is 639. The Morgan fingerprint density at radius 1 is 1.36 bits per heavy atom. The smallest absolute Gasteiger partial charge is 0.320 e. The molecule has 1 N–H and O–H groups in total. The molecule has 0 saturated carbocycles. The number of aliphatic carboxylic acids is 1. The van der Waals surface area contributed by atoms with Gasteiger partial charge in [0.15, 0.2) is 0 Å². The van der Waals surface area contributed by atoms with Crippen LogP contribution in [0.4, 0.5) is 4.79 Å². The Balaban J connectivity index is 2.20. The highest BCUT2D eigenvalue weighted by Crippen LogP contribution is 2.27. The summed E-state index contributed by atoms with van der Waals surface area (Å²) in [7, 11) is 0. The third-order valence-corrected chi connectivity index (χ3v) is 5.11. The molecule has 2 rings (SSSR count). The first kappa shape index (κ1) is 19.9. The molecule has 2 atom stereocenters. The highest BCUT2D eigenvalue weighted by molar-refractivity contribution is 6.35. The summed E-state index contributed by atoms with van der Waals surface area (Å²) < 4.78 is 0. The molecule has 1 heterocycles. The van der Waals surface area contributed by atoms with Crippen molar-refractivity contribution in [3.63, 3.8) is 0 Å². The second kappa shape index (κ2) is 8.77. The lowest BCUT2D eigenvalue weighted by atomic mass is 9.99. The highest BCUT2D eigenvalue weighted by atomic mass is 35.5. The zero-order valence-electron chi connectivity index (χ0n) is 14.5. The fourth-order valence-electron chi connectivity index (χ4n) is 3.29. The first-order chi connectivity index (χ1) is 11.8. The molecule has 7 heteroatoms. The summed E-state index contributed by atoms with van der Waals surface area (Å²) in [5, 5.41) is 10.2. The van der Waals surface area contributed by atoms with Gasteiger partial charge in [0.1, 0.15) is 0 Å². The molecule has 1 aliphatic heterocycles. The van der Waals surface area contributed by atoms with Gasteiger partial charge >= 0.3 is 12.0 Å². The van der Waals surface area contributed by atoms with Gasteiger partial charge in [0.2, 0.25) is 0 Å². The lowest BCUT2D eigenvalue weighted by Gasteiger charge is -2.42. The maximum absolute atomic E-state index is 12.9. The molecule has 1 aromatic carbocycles. The van der Waals surface area contributed by atoms with Crippen LogP contribution in [0, 0.1) is 5.92 Å². The molecular weight excluding hydrogens is 363 g/mol. The quantitative estimate of drug-likeness (QED) is 0.749. The van der Waals surface area contributed by atoms with Gasteiger partial charge in [0, 0.05) is 41.6 Å². The normalized spacial score (nSPS) is 19.2. The van der Waals surface area contributed by atoms with E-state index in [0.29, 0.717) is 29.7 Å². The molecule has 0 bridgehead atoms. The number of hydrogen-bond acceptors (Lipinski definition) is 2. The molecule has 0 radical (unpaired) electrons. The minimum Gasteiger partial charge on any atom is -0.481 e. The molecule has 2 unspecified atom stereocenters. The van der Waals surface area contributed by atoms with Gasteiger partial charge < -0.3 is 14.9 Å². The van der Waals surface area contributed by atoms with Crippen LogP contribution in [0.15, 0.2) is 18.2 Å². The lowest BCUT2D eigenvalue weighted by Crippen LogP contribution is -2.56. The van der Waals surface area contributed by atoms with E-state index in [1.54, 1.807) is 28.0 Å². The summed E-state index contributed by atoms with van der Waals surface area (Å²) in [5.74, 6) is -0.937. The van der Waals surface area contributed by atoms with Gasteiger partial charge in [0.05, 0.1) is 6.42 Å². The van der Waals surface area contributed by atoms with Crippen molar-refractivity contribution in [3.8, 4) is 0 Å². The Morgan fingerprint density at radius 2 is 2.08 bits per heavy atom. The van der Waals surface area contributed by atoms with Gasteiger partial charge in [-0.3, -0.25) is 4.79 Å². The van der Waals surface area contributed by atoms with E-state index in [0.717, 1.165) is 18.4 Å². The fraction of sp³-hybridized carbons (Fsp3) is 0.556. The molecule has 1 aliphatic rings. The minimum absolute atomic E-state index is 0.0491. The van der Waals surface area contributed by atoms with Crippen molar-refractivity contribution in [1.29, 1.82) is 0 Å². The van der Waals surface area contributed by atoms with Crippen LogP contribution in [0.3, 0.4) is 0 Å². The summed E-state index contributed by atoms with van der Waals surface area (Å²) in [6.07, 6.45) is 1.91. The average Bonchev–Trinajstić information content (AvgIpc) is 2.52. The van der Waals surface area contributed by atoms with Crippen molar-refractivity contribution in [2.45, 2.75) is 45.7 Å². The van der Waals surface area contributed by atoms with Gasteiger partial charge in [-0.1, -0.05) is 42.6 Å². The van der Waals surface area contributed by atoms with Crippen LogP contribution in [0.5, 0.6) is 0 Å². The molecule has 2 amide bonds. The molecule has 138 valence electrons. The van der Waals surface area contributed by atoms with Crippen LogP contribution in [0.25, 0.3) is 0 Å². The van der Waals surface area contributed by atoms with E-state index >= 15 is 0 Å². The van der Waals surface area contributed by atoms with Crippen LogP contribution in [0.1, 0.15) is 38.7 Å². The first-order valence-corrected chi connectivity index (χ1v) is 9.28. The number of halogens is 2. The summed E-state index contributed by atoms with van der Waals surface area (Å²) in [5.41, 5.74) is 0.804. The minimum atomic E-state index is -0.841. The second-order valence-electron chi connectivity index (χ2n) is 6.65. The maximum atomic E-state index is 12.9. The van der Waals surface area contributed by atoms with Crippen molar-refractivity contribution in [1.82, 2.24) is 9.80 Å². The molecule has 1 aromatic rings. The summed E-state index contributed by atoms with van der Waals surface area (Å²) in [4.78, 5) is 27.5. The number of carboxylic acid groups (broad SMARTS) is 1. The van der Waals surface area contributed by atoms with Crippen molar-refractivity contribution in [2.75, 3.05) is 13.1 Å². The van der Waals surface area contributed by atoms with Gasteiger partial charge in [-0.05, 0) is 31.0 Å². The molecule has 0 aromatic heterocycles. The summed E-state index contributed by atoms with van der Waals surface area (Å²) in [6, 6.07) is 5.21. The van der Waals surface area contributed by atoms with E-state index < -0.39 is 5.97 Å². The van der Waals surface area contributed by atoms with Crippen molar-refractivity contribution in [3.05, 3.63) is 33.8 Å². The van der Waals surface area contributed by atoms with Crippen LogP contribution < -0.4 is 0 Å². The van der Waals surface area contributed by atoms with Gasteiger partial charge in [-0.2, -0.15) is 0 Å². The largest absolute Gasteiger partial charge is 0.481 e. The predicted molar refractivity (Wildman–Crippen MR) is 99.1 cm³/mol. The van der Waals surface area contributed by atoms with Crippen LogP contribution in [-0.2, 0) is 11.3 Å². The Kier molecular flexibility index (Phi) is 6.96. The number of urea groups is 1. The molecule has 1 fully saturated rings. The second-order valence-corrected chi connectivity index (χ2v) is 7.50. The fourth-order valence-corrected chi connectivity index (χ4v) is 3.76. The number of nitrogens with zero attached hydrogens (tertiary/aromatic N) is 2. The average molecular weight is 387 g/mol. The van der Waals surface area contributed by atoms with E-state index in [4.69, 9.17) is 28.3 Å². The van der Waals surface area contributed by atoms with Crippen molar-refractivity contribution >= 4 is 35.2 Å². The van der Waals surface area contributed by atoms with E-state index in [1.807, 2.05) is 6.92 Å². The van der Waals surface area contributed by atoms with E-state index in [1.165, 1.54) is 0 Å². The highest BCUT2D eigenvalue weighted by Gasteiger charge is 2.35.